The molecule has 102 valence electrons. The van der Waals surface area contributed by atoms with Gasteiger partial charge in [0.05, 0.1) is 22.7 Å². The zero-order valence-electron chi connectivity index (χ0n) is 9.94. The molecule has 4 nitrogen and oxygen atoms in total. The summed E-state index contributed by atoms with van der Waals surface area (Å²) in [4.78, 5) is 15.5. The molecule has 0 saturated heterocycles. The number of hydrogen-bond donors (Lipinski definition) is 0. The summed E-state index contributed by atoms with van der Waals surface area (Å²) in [6, 6.07) is 3.85. The van der Waals surface area contributed by atoms with E-state index in [9.17, 15) is 13.6 Å². The van der Waals surface area contributed by atoms with E-state index in [1.165, 1.54) is 22.9 Å². The summed E-state index contributed by atoms with van der Waals surface area (Å²) in [5.41, 5.74) is 1.07. The smallest absolute Gasteiger partial charge is 0.408 e. The molecule has 2 aromatic heterocycles. The maximum absolute atomic E-state index is 13.4. The van der Waals surface area contributed by atoms with Gasteiger partial charge < -0.3 is 4.42 Å². The largest absolute Gasteiger partial charge is 0.420 e. The number of nitrogens with zero attached hydrogens (tertiary/aromatic N) is 2. The molecule has 3 aromatic rings. The van der Waals surface area contributed by atoms with Gasteiger partial charge in [-0.15, -0.1) is 0 Å². The van der Waals surface area contributed by atoms with Crippen molar-refractivity contribution >= 4 is 27.0 Å². The summed E-state index contributed by atoms with van der Waals surface area (Å²) < 4.78 is 33.0. The summed E-state index contributed by atoms with van der Waals surface area (Å²) in [6.45, 7) is 0.0919. The fraction of sp³-hybridized carbons (Fsp3) is 0.0769. The zero-order chi connectivity index (χ0) is 14.3. The molecule has 1 aromatic carbocycles. The molecule has 0 atom stereocenters. The Balaban J connectivity index is 2.14. The number of halogens is 3. The van der Waals surface area contributed by atoms with Crippen LogP contribution in [0.25, 0.3) is 11.1 Å². The molecular formula is C13H7BrF2N2O2. The van der Waals surface area contributed by atoms with Crippen molar-refractivity contribution in [2.75, 3.05) is 0 Å². The molecule has 0 saturated carbocycles. The van der Waals surface area contributed by atoms with E-state index in [2.05, 4.69) is 20.9 Å². The van der Waals surface area contributed by atoms with E-state index in [1.807, 2.05) is 0 Å². The molecule has 7 heteroatoms. The normalized spacial score (nSPS) is 11.2. The maximum atomic E-state index is 13.4. The van der Waals surface area contributed by atoms with E-state index >= 15 is 0 Å². The van der Waals surface area contributed by atoms with Gasteiger partial charge in [-0.3, -0.25) is 9.55 Å². The van der Waals surface area contributed by atoms with Crippen LogP contribution in [-0.4, -0.2) is 9.55 Å². The highest BCUT2D eigenvalue weighted by atomic mass is 79.9. The Hall–Kier alpha value is -2.02. The van der Waals surface area contributed by atoms with Crippen molar-refractivity contribution in [2.24, 2.45) is 0 Å². The molecular weight excluding hydrogens is 334 g/mol. The number of aromatic nitrogens is 2. The van der Waals surface area contributed by atoms with Gasteiger partial charge in [-0.2, -0.15) is 0 Å². The van der Waals surface area contributed by atoms with Crippen LogP contribution in [0, 0.1) is 11.6 Å². The summed E-state index contributed by atoms with van der Waals surface area (Å²) in [5, 5.41) is 0. The van der Waals surface area contributed by atoms with Crippen molar-refractivity contribution < 1.29 is 13.2 Å². The first-order chi connectivity index (χ1) is 9.54. The highest BCUT2D eigenvalue weighted by Gasteiger charge is 2.13. The van der Waals surface area contributed by atoms with Gasteiger partial charge in [0, 0.05) is 12.3 Å². The lowest BCUT2D eigenvalue weighted by Crippen LogP contribution is -2.15. The molecule has 0 aliphatic heterocycles. The third-order valence-electron chi connectivity index (χ3n) is 2.81. The van der Waals surface area contributed by atoms with Crippen molar-refractivity contribution in [2.45, 2.75) is 6.54 Å². The molecule has 0 N–H and O–H groups in total. The van der Waals surface area contributed by atoms with Gasteiger partial charge in [0.1, 0.15) is 11.6 Å². The van der Waals surface area contributed by atoms with Gasteiger partial charge in [0.2, 0.25) is 0 Å². The predicted molar refractivity (Wildman–Crippen MR) is 71.4 cm³/mol. The molecule has 0 bridgehead atoms. The van der Waals surface area contributed by atoms with Gasteiger partial charge in [-0.05, 0) is 33.6 Å². The topological polar surface area (TPSA) is 48.0 Å². The Kier molecular flexibility index (Phi) is 3.13. The minimum absolute atomic E-state index is 0.0919. The molecule has 3 rings (SSSR count). The third-order valence-corrected chi connectivity index (χ3v) is 3.42. The minimum atomic E-state index is -0.637. The van der Waals surface area contributed by atoms with Gasteiger partial charge in [-0.25, -0.2) is 13.6 Å². The Morgan fingerprint density at radius 3 is 2.80 bits per heavy atom. The van der Waals surface area contributed by atoms with E-state index in [1.54, 1.807) is 0 Å². The van der Waals surface area contributed by atoms with Crippen LogP contribution < -0.4 is 5.76 Å². The molecule has 0 fully saturated rings. The van der Waals surface area contributed by atoms with Crippen LogP contribution in [0.5, 0.6) is 0 Å². The Bertz CT molecular complexity index is 857. The zero-order valence-corrected chi connectivity index (χ0v) is 11.5. The van der Waals surface area contributed by atoms with E-state index in [0.29, 0.717) is 11.1 Å². The number of hydrogen-bond acceptors (Lipinski definition) is 3. The van der Waals surface area contributed by atoms with Crippen LogP contribution in [0.1, 0.15) is 5.56 Å². The fourth-order valence-electron chi connectivity index (χ4n) is 1.93. The van der Waals surface area contributed by atoms with Crippen molar-refractivity contribution in [3.63, 3.8) is 0 Å². The monoisotopic (exact) mass is 340 g/mol. The maximum Gasteiger partial charge on any atom is 0.420 e. The van der Waals surface area contributed by atoms with Crippen LogP contribution in [0.15, 0.2) is 44.3 Å². The summed E-state index contributed by atoms with van der Waals surface area (Å²) in [6.07, 6.45) is 2.53. The van der Waals surface area contributed by atoms with Gasteiger partial charge in [-0.1, -0.05) is 0 Å². The Labute approximate surface area is 119 Å². The second kappa shape index (κ2) is 4.82. The number of fused-ring (bicyclic) bond motifs is 1. The van der Waals surface area contributed by atoms with Gasteiger partial charge >= 0.3 is 5.76 Å². The van der Waals surface area contributed by atoms with Crippen molar-refractivity contribution in [1.82, 2.24) is 9.55 Å². The highest BCUT2D eigenvalue weighted by molar-refractivity contribution is 9.10. The number of pyridine rings is 1. The first-order valence-corrected chi connectivity index (χ1v) is 6.42. The second-order valence-electron chi connectivity index (χ2n) is 4.20. The van der Waals surface area contributed by atoms with Gasteiger partial charge in [0.25, 0.3) is 0 Å². The molecule has 20 heavy (non-hydrogen) atoms. The second-order valence-corrected chi connectivity index (χ2v) is 5.05. The number of rotatable bonds is 2. The van der Waals surface area contributed by atoms with Crippen molar-refractivity contribution in [3.8, 4) is 0 Å². The van der Waals surface area contributed by atoms with Crippen LogP contribution in [0.3, 0.4) is 0 Å². The van der Waals surface area contributed by atoms with E-state index in [-0.39, 0.29) is 16.6 Å². The molecule has 0 amide bonds. The van der Waals surface area contributed by atoms with E-state index in [0.717, 1.165) is 12.3 Å². The number of benzene rings is 1. The predicted octanol–water partition coefficient (Wildman–Crippen LogP) is 3.08. The molecule has 0 aliphatic rings. The SMILES string of the molecule is O=c1oc2cc(F)c(Br)cc2n1Cc1cncc(F)c1. The lowest BCUT2D eigenvalue weighted by Gasteiger charge is -2.03. The lowest BCUT2D eigenvalue weighted by atomic mass is 10.2. The molecule has 0 unspecified atom stereocenters. The average Bonchev–Trinajstić information content (AvgIpc) is 2.67. The van der Waals surface area contributed by atoms with Crippen LogP contribution in [0.2, 0.25) is 0 Å². The molecule has 2 heterocycles. The standard InChI is InChI=1S/C13H7BrF2N2O2/c14-9-2-11-12(3-10(9)16)20-13(19)18(11)6-7-1-8(15)5-17-4-7/h1-5H,6H2. The first kappa shape index (κ1) is 13.0. The summed E-state index contributed by atoms with van der Waals surface area (Å²) >= 11 is 3.05. The van der Waals surface area contributed by atoms with Crippen LogP contribution in [-0.2, 0) is 6.54 Å². The lowest BCUT2D eigenvalue weighted by molar-refractivity contribution is 0.514. The fourth-order valence-corrected chi connectivity index (χ4v) is 2.26. The first-order valence-electron chi connectivity index (χ1n) is 5.62. The highest BCUT2D eigenvalue weighted by Crippen LogP contribution is 2.23. The summed E-state index contributed by atoms with van der Waals surface area (Å²) in [7, 11) is 0. The van der Waals surface area contributed by atoms with E-state index < -0.39 is 17.4 Å². The van der Waals surface area contributed by atoms with Gasteiger partial charge in [0.15, 0.2) is 5.58 Å². The molecule has 0 radical (unpaired) electrons. The summed E-state index contributed by atoms with van der Waals surface area (Å²) in [5.74, 6) is -1.65. The van der Waals surface area contributed by atoms with Crippen LogP contribution >= 0.6 is 15.9 Å². The molecule has 0 spiro atoms. The Morgan fingerprint density at radius 1 is 1.25 bits per heavy atom. The van der Waals surface area contributed by atoms with E-state index in [4.69, 9.17) is 4.42 Å². The quantitative estimate of drug-likeness (QED) is 0.720. The third kappa shape index (κ3) is 2.24. The average molecular weight is 341 g/mol. The van der Waals surface area contributed by atoms with Crippen molar-refractivity contribution in [3.05, 3.63) is 62.8 Å². The van der Waals surface area contributed by atoms with Crippen molar-refractivity contribution in [1.29, 1.82) is 0 Å². The Morgan fingerprint density at radius 2 is 2.05 bits per heavy atom. The number of oxazole rings is 1. The minimum Gasteiger partial charge on any atom is -0.408 e. The molecule has 0 aliphatic carbocycles. The van der Waals surface area contributed by atoms with Crippen LogP contribution in [0.4, 0.5) is 8.78 Å².